The zero-order chi connectivity index (χ0) is 14.8. The number of fused-ring (bicyclic) bond motifs is 1. The number of rotatable bonds is 4. The molecule has 3 rings (SSSR count). The average molecular weight is 279 g/mol. The summed E-state index contributed by atoms with van der Waals surface area (Å²) in [4.78, 5) is 0. The third-order valence-corrected chi connectivity index (χ3v) is 4.29. The molecule has 2 heteroatoms. The molecule has 3 aromatic rings. The molecule has 0 aliphatic heterocycles. The lowest BCUT2D eigenvalue weighted by Gasteiger charge is -2.18. The van der Waals surface area contributed by atoms with Crippen molar-refractivity contribution in [2.24, 2.45) is 0 Å². The molecule has 1 unspecified atom stereocenters. The second kappa shape index (κ2) is 5.74. The molecule has 0 bridgehead atoms. The Kier molecular flexibility index (Phi) is 3.80. The monoisotopic (exact) mass is 279 g/mol. The van der Waals surface area contributed by atoms with E-state index < -0.39 is 0 Å². The number of likely N-dealkylation sites (N-methyl/N-ethyl adjacent to an activating group) is 1. The zero-order valence-electron chi connectivity index (χ0n) is 12.8. The van der Waals surface area contributed by atoms with E-state index >= 15 is 0 Å². The summed E-state index contributed by atoms with van der Waals surface area (Å²) in [6.07, 6.45) is 2.86. The lowest BCUT2D eigenvalue weighted by molar-refractivity contribution is 0.562. The molecule has 0 saturated carbocycles. The maximum atomic E-state index is 5.69. The Labute approximate surface area is 125 Å². The van der Waals surface area contributed by atoms with Gasteiger partial charge in [0.25, 0.3) is 0 Å². The highest BCUT2D eigenvalue weighted by molar-refractivity contribution is 5.81. The van der Waals surface area contributed by atoms with E-state index in [9.17, 15) is 0 Å². The number of aryl methyl sites for hydroxylation is 2. The predicted octanol–water partition coefficient (Wildman–Crippen LogP) is 4.55. The fourth-order valence-corrected chi connectivity index (χ4v) is 3.01. The van der Waals surface area contributed by atoms with Crippen molar-refractivity contribution in [3.05, 3.63) is 71.0 Å². The number of furan rings is 1. The summed E-state index contributed by atoms with van der Waals surface area (Å²) in [5.41, 5.74) is 6.30. The summed E-state index contributed by atoms with van der Waals surface area (Å²) in [6.45, 7) is 4.37. The lowest BCUT2D eigenvalue weighted by atomic mass is 9.93. The Morgan fingerprint density at radius 1 is 1.00 bits per heavy atom. The summed E-state index contributed by atoms with van der Waals surface area (Å²) in [7, 11) is 2.01. The second-order valence-electron chi connectivity index (χ2n) is 5.60. The van der Waals surface area contributed by atoms with E-state index in [1.807, 2.05) is 25.4 Å². The van der Waals surface area contributed by atoms with Gasteiger partial charge in [-0.1, -0.05) is 36.4 Å². The molecular formula is C19H21NO. The first-order valence-corrected chi connectivity index (χ1v) is 7.39. The van der Waals surface area contributed by atoms with E-state index in [-0.39, 0.29) is 6.04 Å². The summed E-state index contributed by atoms with van der Waals surface area (Å²) in [5, 5.41) is 4.64. The summed E-state index contributed by atoms with van der Waals surface area (Å²) < 4.78 is 5.69. The summed E-state index contributed by atoms with van der Waals surface area (Å²) >= 11 is 0. The Hall–Kier alpha value is -2.06. The van der Waals surface area contributed by atoms with Gasteiger partial charge in [0.15, 0.2) is 0 Å². The minimum Gasteiger partial charge on any atom is -0.464 e. The van der Waals surface area contributed by atoms with Crippen LogP contribution < -0.4 is 5.32 Å². The Bertz CT molecular complexity index is 737. The van der Waals surface area contributed by atoms with Crippen molar-refractivity contribution in [1.82, 2.24) is 5.32 Å². The average Bonchev–Trinajstić information content (AvgIpc) is 2.91. The van der Waals surface area contributed by atoms with Crippen LogP contribution in [0.3, 0.4) is 0 Å². The molecular weight excluding hydrogens is 258 g/mol. The van der Waals surface area contributed by atoms with Crippen molar-refractivity contribution in [2.45, 2.75) is 26.3 Å². The number of para-hydroxylation sites is 1. The van der Waals surface area contributed by atoms with E-state index in [1.165, 1.54) is 27.6 Å². The number of hydrogen-bond acceptors (Lipinski definition) is 2. The molecule has 2 nitrogen and oxygen atoms in total. The molecule has 0 aliphatic rings. The minimum atomic E-state index is 0.258. The smallest absolute Gasteiger partial charge is 0.134 e. The van der Waals surface area contributed by atoms with Crippen LogP contribution in [0.5, 0.6) is 0 Å². The van der Waals surface area contributed by atoms with Gasteiger partial charge in [-0.3, -0.25) is 0 Å². The maximum absolute atomic E-state index is 5.69. The fourth-order valence-electron chi connectivity index (χ4n) is 3.01. The quantitative estimate of drug-likeness (QED) is 0.757. The van der Waals surface area contributed by atoms with Gasteiger partial charge < -0.3 is 9.73 Å². The molecule has 1 atom stereocenters. The minimum absolute atomic E-state index is 0.258. The van der Waals surface area contributed by atoms with Crippen molar-refractivity contribution in [1.29, 1.82) is 0 Å². The van der Waals surface area contributed by atoms with E-state index in [2.05, 4.69) is 49.5 Å². The molecule has 0 amide bonds. The molecule has 1 aromatic heterocycles. The fraction of sp³-hybridized carbons (Fsp3) is 0.263. The van der Waals surface area contributed by atoms with Crippen molar-refractivity contribution >= 4 is 11.0 Å². The van der Waals surface area contributed by atoms with Crippen LogP contribution in [0.2, 0.25) is 0 Å². The molecule has 2 aromatic carbocycles. The van der Waals surface area contributed by atoms with E-state index in [4.69, 9.17) is 4.42 Å². The van der Waals surface area contributed by atoms with Gasteiger partial charge in [0.1, 0.15) is 5.58 Å². The van der Waals surface area contributed by atoms with Gasteiger partial charge in [0.2, 0.25) is 0 Å². The third-order valence-electron chi connectivity index (χ3n) is 4.29. The summed E-state index contributed by atoms with van der Waals surface area (Å²) in [5.74, 6) is 0. The molecule has 1 heterocycles. The van der Waals surface area contributed by atoms with E-state index in [1.54, 1.807) is 0 Å². The van der Waals surface area contributed by atoms with Crippen LogP contribution in [-0.4, -0.2) is 7.05 Å². The van der Waals surface area contributed by atoms with Crippen LogP contribution in [0.15, 0.2) is 53.1 Å². The van der Waals surface area contributed by atoms with Gasteiger partial charge in [-0.15, -0.1) is 0 Å². The van der Waals surface area contributed by atoms with Gasteiger partial charge in [-0.05, 0) is 50.1 Å². The van der Waals surface area contributed by atoms with Crippen LogP contribution in [0.25, 0.3) is 11.0 Å². The second-order valence-corrected chi connectivity index (χ2v) is 5.60. The zero-order valence-corrected chi connectivity index (χ0v) is 12.8. The highest BCUT2D eigenvalue weighted by atomic mass is 16.3. The van der Waals surface area contributed by atoms with Gasteiger partial charge >= 0.3 is 0 Å². The topological polar surface area (TPSA) is 25.2 Å². The van der Waals surface area contributed by atoms with Crippen molar-refractivity contribution in [2.75, 3.05) is 7.05 Å². The number of nitrogens with one attached hydrogen (secondary N) is 1. The van der Waals surface area contributed by atoms with Crippen molar-refractivity contribution in [3.8, 4) is 0 Å². The highest BCUT2D eigenvalue weighted by Crippen LogP contribution is 2.29. The van der Waals surface area contributed by atoms with Gasteiger partial charge in [-0.2, -0.15) is 0 Å². The first-order chi connectivity index (χ1) is 10.2. The SMILES string of the molecule is CNC(Cc1c(C)cccc1C)c1coc2ccccc12. The molecule has 0 spiro atoms. The first-order valence-electron chi connectivity index (χ1n) is 7.39. The highest BCUT2D eigenvalue weighted by Gasteiger charge is 2.17. The molecule has 21 heavy (non-hydrogen) atoms. The standard InChI is InChI=1S/C19H21NO/c1-13-7-6-8-14(2)16(13)11-18(20-3)17-12-21-19-10-5-4-9-15(17)19/h4-10,12,18,20H,11H2,1-3H3. The predicted molar refractivity (Wildman–Crippen MR) is 87.6 cm³/mol. The van der Waals surface area contributed by atoms with Crippen LogP contribution in [0, 0.1) is 13.8 Å². The van der Waals surface area contributed by atoms with Crippen LogP contribution in [0.4, 0.5) is 0 Å². The van der Waals surface area contributed by atoms with Gasteiger partial charge in [0.05, 0.1) is 6.26 Å². The molecule has 1 N–H and O–H groups in total. The number of hydrogen-bond donors (Lipinski definition) is 1. The van der Waals surface area contributed by atoms with E-state index in [0.717, 1.165) is 12.0 Å². The molecule has 0 fully saturated rings. The molecule has 0 saturated heterocycles. The Balaban J connectivity index is 1.99. The Morgan fingerprint density at radius 3 is 2.43 bits per heavy atom. The lowest BCUT2D eigenvalue weighted by Crippen LogP contribution is -2.19. The summed E-state index contributed by atoms with van der Waals surface area (Å²) in [6, 6.07) is 15.0. The van der Waals surface area contributed by atoms with Crippen LogP contribution in [0.1, 0.15) is 28.3 Å². The van der Waals surface area contributed by atoms with Crippen molar-refractivity contribution < 1.29 is 4.42 Å². The molecule has 108 valence electrons. The van der Waals surface area contributed by atoms with Crippen LogP contribution in [-0.2, 0) is 6.42 Å². The largest absolute Gasteiger partial charge is 0.464 e. The van der Waals surface area contributed by atoms with Crippen LogP contribution >= 0.6 is 0 Å². The van der Waals surface area contributed by atoms with Gasteiger partial charge in [0, 0.05) is 17.0 Å². The molecule has 0 aliphatic carbocycles. The Morgan fingerprint density at radius 2 is 1.71 bits per heavy atom. The number of benzene rings is 2. The molecule has 0 radical (unpaired) electrons. The van der Waals surface area contributed by atoms with Gasteiger partial charge in [-0.25, -0.2) is 0 Å². The van der Waals surface area contributed by atoms with E-state index in [0.29, 0.717) is 0 Å². The third kappa shape index (κ3) is 2.59. The van der Waals surface area contributed by atoms with Crippen molar-refractivity contribution in [3.63, 3.8) is 0 Å². The normalized spacial score (nSPS) is 12.7. The maximum Gasteiger partial charge on any atom is 0.134 e. The first kappa shape index (κ1) is 13.9.